The van der Waals surface area contributed by atoms with Crippen LogP contribution in [0.3, 0.4) is 0 Å². The maximum absolute atomic E-state index is 14.4. The summed E-state index contributed by atoms with van der Waals surface area (Å²) in [6, 6.07) is -10.5. The molecule has 44 heavy (non-hydrogen) atoms. The van der Waals surface area contributed by atoms with E-state index < -0.39 is 91.0 Å². The van der Waals surface area contributed by atoms with Gasteiger partial charge in [0.2, 0.25) is 0 Å². The van der Waals surface area contributed by atoms with Gasteiger partial charge >= 0.3 is 65.1 Å². The lowest BCUT2D eigenvalue weighted by atomic mass is 9.91. The number of carbonyl (C=O) groups excluding carboxylic acids is 1. The molecule has 0 aromatic carbocycles. The molecule has 262 valence electrons. The average molecular weight is 725 g/mol. The lowest BCUT2D eigenvalue weighted by Crippen LogP contribution is -2.76. The van der Waals surface area contributed by atoms with Crippen molar-refractivity contribution in [2.24, 2.45) is 0 Å². The molecule has 0 fully saturated rings. The fraction of sp³-hybridized carbons (Fsp3) is 0.824. The summed E-state index contributed by atoms with van der Waals surface area (Å²) in [5.74, 6) is -56.9. The van der Waals surface area contributed by atoms with Crippen LogP contribution < -0.4 is 0 Å². The molecule has 0 bridgehead atoms. The van der Waals surface area contributed by atoms with Gasteiger partial charge in [-0.05, 0) is 20.8 Å². The van der Waals surface area contributed by atoms with Crippen LogP contribution in [-0.2, 0) is 19.6 Å². The van der Waals surface area contributed by atoms with E-state index in [1.807, 2.05) is 0 Å². The van der Waals surface area contributed by atoms with E-state index in [2.05, 4.69) is 11.3 Å². The predicted molar refractivity (Wildman–Crippen MR) is 97.4 cm³/mol. The molecule has 0 aliphatic heterocycles. The van der Waals surface area contributed by atoms with E-state index in [1.54, 1.807) is 0 Å². The molecule has 0 saturated heterocycles. The molecule has 0 saturated carbocycles. The second-order valence-corrected chi connectivity index (χ2v) is 10.4. The molecule has 5 nitrogen and oxygen atoms in total. The summed E-state index contributed by atoms with van der Waals surface area (Å²) < 4.78 is 309. The first-order valence-electron chi connectivity index (χ1n) is 10.0. The van der Waals surface area contributed by atoms with Gasteiger partial charge in [-0.15, -0.1) is 4.31 Å². The van der Waals surface area contributed by atoms with Gasteiger partial charge < -0.3 is 4.74 Å². The standard InChI is InChI=1S/C17H12F21NO4S/c1-5(2)7(40)43-16(35,36)15(33,34)39(6(3)4)44(41,42)17(37,38)13(28,29)11(24,25)9(20,21)8(18,19)10(22,23)12(26,27)14(30,31)32/h6H,1H2,2-4H3. The molecule has 0 spiro atoms. The molecule has 0 aliphatic rings. The summed E-state index contributed by atoms with van der Waals surface area (Å²) >= 11 is 0. The number of rotatable bonds is 13. The highest BCUT2D eigenvalue weighted by atomic mass is 32.2. The van der Waals surface area contributed by atoms with Crippen LogP contribution >= 0.6 is 0 Å². The summed E-state index contributed by atoms with van der Waals surface area (Å²) in [5.41, 5.74) is -1.24. The molecule has 0 aliphatic carbocycles. The third kappa shape index (κ3) is 5.51. The van der Waals surface area contributed by atoms with Crippen LogP contribution in [0, 0.1) is 0 Å². The summed E-state index contributed by atoms with van der Waals surface area (Å²) in [7, 11) is -8.90. The third-order valence-corrected chi connectivity index (χ3v) is 7.01. The van der Waals surface area contributed by atoms with E-state index in [9.17, 15) is 105 Å². The number of esters is 1. The molecule has 0 heterocycles. The zero-order valence-electron chi connectivity index (χ0n) is 20.7. The molecule has 0 aromatic rings. The number of sulfonamides is 1. The molecule has 27 heteroatoms. The van der Waals surface area contributed by atoms with E-state index >= 15 is 0 Å². The van der Waals surface area contributed by atoms with E-state index in [4.69, 9.17) is 0 Å². The lowest BCUT2D eigenvalue weighted by molar-refractivity contribution is -0.458. The topological polar surface area (TPSA) is 63.7 Å². The molecule has 0 aromatic heterocycles. The monoisotopic (exact) mass is 725 g/mol. The third-order valence-electron chi connectivity index (χ3n) is 4.94. The minimum Gasteiger partial charge on any atom is -0.392 e. The summed E-state index contributed by atoms with van der Waals surface area (Å²) in [4.78, 5) is 11.1. The highest BCUT2D eigenvalue weighted by Gasteiger charge is 2.96. The Balaban J connectivity index is 7.47. The van der Waals surface area contributed by atoms with Crippen LogP contribution in [0.4, 0.5) is 92.2 Å². The van der Waals surface area contributed by atoms with Crippen LogP contribution in [-0.4, -0.2) is 83.9 Å². The Bertz CT molecular complexity index is 1220. The molecule has 0 rings (SSSR count). The Labute approximate surface area is 229 Å². The van der Waals surface area contributed by atoms with Gasteiger partial charge in [0.25, 0.3) is 10.0 Å². The first-order valence-corrected chi connectivity index (χ1v) is 11.5. The Morgan fingerprint density at radius 3 is 1.18 bits per heavy atom. The Morgan fingerprint density at radius 2 is 0.909 bits per heavy atom. The van der Waals surface area contributed by atoms with Gasteiger partial charge in [-0.3, -0.25) is 0 Å². The van der Waals surface area contributed by atoms with Crippen molar-refractivity contribution < 1.29 is 110 Å². The number of nitrogens with zero attached hydrogens (tertiary/aromatic N) is 1. The highest BCUT2D eigenvalue weighted by molar-refractivity contribution is 7.90. The summed E-state index contributed by atoms with van der Waals surface area (Å²) in [6.45, 7) is 2.50. The number of ether oxygens (including phenoxy) is 1. The minimum absolute atomic E-state index is 0.239. The molecular formula is C17H12F21NO4S. The molecule has 0 radical (unpaired) electrons. The number of hydrogen-bond donors (Lipinski definition) is 0. The minimum atomic E-state index is -9.28. The Morgan fingerprint density at radius 1 is 0.614 bits per heavy atom. The first-order chi connectivity index (χ1) is 18.6. The van der Waals surface area contributed by atoms with Gasteiger partial charge in [-0.25, -0.2) is 13.2 Å². The second kappa shape index (κ2) is 10.9. The maximum Gasteiger partial charge on any atom is 0.483 e. The van der Waals surface area contributed by atoms with Crippen molar-refractivity contribution in [2.75, 3.05) is 0 Å². The Kier molecular flexibility index (Phi) is 10.3. The first kappa shape index (κ1) is 41.7. The van der Waals surface area contributed by atoms with Crippen LogP contribution in [0.25, 0.3) is 0 Å². The van der Waals surface area contributed by atoms with Crippen molar-refractivity contribution in [3.8, 4) is 0 Å². The van der Waals surface area contributed by atoms with Gasteiger partial charge in [-0.1, -0.05) is 6.58 Å². The van der Waals surface area contributed by atoms with E-state index in [-0.39, 0.29) is 13.8 Å². The molecule has 0 unspecified atom stereocenters. The molecule has 0 atom stereocenters. The van der Waals surface area contributed by atoms with Crippen molar-refractivity contribution in [2.45, 2.75) is 85.9 Å². The average Bonchev–Trinajstić information content (AvgIpc) is 2.75. The zero-order valence-corrected chi connectivity index (χ0v) is 21.5. The normalized spacial score (nSPS) is 16.0. The van der Waals surface area contributed by atoms with Crippen LogP contribution in [0.5, 0.6) is 0 Å². The smallest absolute Gasteiger partial charge is 0.392 e. The van der Waals surface area contributed by atoms with Gasteiger partial charge in [0.1, 0.15) is 0 Å². The van der Waals surface area contributed by atoms with Gasteiger partial charge in [0.15, 0.2) is 0 Å². The maximum atomic E-state index is 14.4. The molecule has 0 N–H and O–H groups in total. The van der Waals surface area contributed by atoms with Crippen LogP contribution in [0.1, 0.15) is 20.8 Å². The van der Waals surface area contributed by atoms with Crippen LogP contribution in [0.15, 0.2) is 12.2 Å². The summed E-state index contributed by atoms with van der Waals surface area (Å²) in [5, 5.41) is -8.58. The number of hydrogen-bond acceptors (Lipinski definition) is 4. The highest BCUT2D eigenvalue weighted by Crippen LogP contribution is 2.65. The van der Waals surface area contributed by atoms with Crippen molar-refractivity contribution in [3.63, 3.8) is 0 Å². The predicted octanol–water partition coefficient (Wildman–Crippen LogP) is 7.30. The quantitative estimate of drug-likeness (QED) is 0.0866. The zero-order chi connectivity index (χ0) is 36.5. The second-order valence-electron chi connectivity index (χ2n) is 8.58. The number of alkyl halides is 21. The van der Waals surface area contributed by atoms with Gasteiger partial charge in [-0.2, -0.15) is 92.2 Å². The lowest BCUT2D eigenvalue weighted by Gasteiger charge is -2.44. The number of halogens is 21. The van der Waals surface area contributed by atoms with Crippen molar-refractivity contribution in [1.29, 1.82) is 0 Å². The van der Waals surface area contributed by atoms with E-state index in [1.165, 1.54) is 0 Å². The largest absolute Gasteiger partial charge is 0.483 e. The SMILES string of the molecule is C=C(C)C(=O)OC(F)(F)C(F)(F)N(C(C)C)S(=O)(=O)C(F)(F)C(F)(F)C(F)(F)C(F)(F)C(F)(F)C(F)(F)C(F)(F)C(F)(F)F. The van der Waals surface area contributed by atoms with E-state index in [0.717, 1.165) is 0 Å². The van der Waals surface area contributed by atoms with E-state index in [0.29, 0.717) is 6.92 Å². The Hall–Kier alpha value is -2.35. The van der Waals surface area contributed by atoms with Crippen molar-refractivity contribution >= 4 is 16.0 Å². The number of carbonyl (C=O) groups is 1. The molecule has 0 amide bonds. The molecular weight excluding hydrogens is 713 g/mol. The fourth-order valence-corrected chi connectivity index (χ4v) is 4.24. The fourth-order valence-electron chi connectivity index (χ4n) is 2.58. The van der Waals surface area contributed by atoms with Crippen molar-refractivity contribution in [3.05, 3.63) is 12.2 Å². The van der Waals surface area contributed by atoms with Gasteiger partial charge in [0.05, 0.1) is 0 Å². The van der Waals surface area contributed by atoms with Gasteiger partial charge in [0, 0.05) is 11.6 Å². The van der Waals surface area contributed by atoms with Crippen LogP contribution in [0.2, 0.25) is 0 Å². The van der Waals surface area contributed by atoms with Crippen molar-refractivity contribution in [1.82, 2.24) is 4.31 Å². The summed E-state index contributed by atoms with van der Waals surface area (Å²) in [6.07, 6.45) is -14.9.